The summed E-state index contributed by atoms with van der Waals surface area (Å²) in [5.41, 5.74) is 1.34. The van der Waals surface area contributed by atoms with Crippen LogP contribution in [0.15, 0.2) is 30.0 Å². The summed E-state index contributed by atoms with van der Waals surface area (Å²) < 4.78 is 32.7. The maximum atomic E-state index is 12.9. The molecule has 24 heavy (non-hydrogen) atoms. The first kappa shape index (κ1) is 18.8. The van der Waals surface area contributed by atoms with Gasteiger partial charge in [0.25, 0.3) is 0 Å². The fraction of sp³-hybridized carbons (Fsp3) is 0.611. The van der Waals surface area contributed by atoms with E-state index in [1.54, 1.807) is 23.8 Å². The van der Waals surface area contributed by atoms with Gasteiger partial charge in [-0.1, -0.05) is 19.4 Å². The Morgan fingerprint density at radius 3 is 2.88 bits per heavy atom. The number of unbranched alkanes of at least 4 members (excludes halogenated alkanes) is 1. The lowest BCUT2D eigenvalue weighted by atomic mass is 9.99. The monoisotopic (exact) mass is 353 g/mol. The summed E-state index contributed by atoms with van der Waals surface area (Å²) in [4.78, 5) is 12.1. The minimum atomic E-state index is -3.47. The molecular formula is C18H27NO4S. The Balaban J connectivity index is 2.20. The molecule has 1 atom stereocenters. The first-order chi connectivity index (χ1) is 11.5. The molecule has 0 saturated carbocycles. The van der Waals surface area contributed by atoms with E-state index in [4.69, 9.17) is 4.74 Å². The van der Waals surface area contributed by atoms with Crippen molar-refractivity contribution in [1.29, 1.82) is 0 Å². The maximum absolute atomic E-state index is 12.9. The van der Waals surface area contributed by atoms with Crippen molar-refractivity contribution in [3.05, 3.63) is 35.7 Å². The summed E-state index contributed by atoms with van der Waals surface area (Å²) in [5.74, 6) is -0.579. The van der Waals surface area contributed by atoms with Gasteiger partial charge in [-0.15, -0.1) is 0 Å². The molecule has 1 aromatic rings. The van der Waals surface area contributed by atoms with Gasteiger partial charge < -0.3 is 9.30 Å². The quantitative estimate of drug-likeness (QED) is 0.673. The van der Waals surface area contributed by atoms with E-state index in [0.717, 1.165) is 37.8 Å². The highest BCUT2D eigenvalue weighted by Gasteiger charge is 2.35. The Hall–Kier alpha value is -1.56. The van der Waals surface area contributed by atoms with E-state index < -0.39 is 21.1 Å². The minimum Gasteiger partial charge on any atom is -0.463 e. The number of aromatic nitrogens is 1. The van der Waals surface area contributed by atoms with Crippen LogP contribution >= 0.6 is 0 Å². The number of aryl methyl sites for hydroxylation is 1. The predicted molar refractivity (Wildman–Crippen MR) is 94.3 cm³/mol. The van der Waals surface area contributed by atoms with Gasteiger partial charge in [0.1, 0.15) is 5.88 Å². The summed E-state index contributed by atoms with van der Waals surface area (Å²) in [6.07, 6.45) is 8.49. The molecule has 134 valence electrons. The van der Waals surface area contributed by atoms with Gasteiger partial charge in [0, 0.05) is 11.9 Å². The minimum absolute atomic E-state index is 0.0829. The summed E-state index contributed by atoms with van der Waals surface area (Å²) in [5, 5.41) is -0.758. The van der Waals surface area contributed by atoms with Gasteiger partial charge in [-0.25, -0.2) is 13.2 Å². The molecule has 0 aromatic carbocycles. The number of esters is 1. The van der Waals surface area contributed by atoms with Crippen molar-refractivity contribution >= 4 is 15.8 Å². The lowest BCUT2D eigenvalue weighted by Gasteiger charge is -2.24. The second kappa shape index (κ2) is 8.51. The molecule has 2 rings (SSSR count). The summed E-state index contributed by atoms with van der Waals surface area (Å²) in [7, 11) is -3.47. The number of rotatable bonds is 8. The number of nitrogens with zero attached hydrogens (tertiary/aromatic N) is 1. The van der Waals surface area contributed by atoms with E-state index >= 15 is 0 Å². The molecule has 1 heterocycles. The molecule has 0 radical (unpaired) electrons. The van der Waals surface area contributed by atoms with Crippen molar-refractivity contribution in [2.75, 3.05) is 6.61 Å². The first-order valence-electron chi connectivity index (χ1n) is 8.72. The molecule has 0 fully saturated rings. The average Bonchev–Trinajstić information content (AvgIpc) is 2.99. The highest BCUT2D eigenvalue weighted by Crippen LogP contribution is 2.27. The number of allylic oxidation sites excluding steroid dienone is 1. The fourth-order valence-electron chi connectivity index (χ4n) is 3.09. The van der Waals surface area contributed by atoms with Crippen molar-refractivity contribution in [2.45, 2.75) is 63.5 Å². The Labute approximate surface area is 144 Å². The Morgan fingerprint density at radius 2 is 2.17 bits per heavy atom. The average molecular weight is 353 g/mol. The molecular weight excluding hydrogens is 326 g/mol. The second-order valence-corrected chi connectivity index (χ2v) is 8.32. The molecule has 0 saturated heterocycles. The molecule has 1 unspecified atom stereocenters. The normalized spacial score (nSPS) is 18.2. The number of sulfone groups is 1. The molecule has 1 aromatic heterocycles. The molecule has 0 spiro atoms. The molecule has 0 N–H and O–H groups in total. The van der Waals surface area contributed by atoms with Gasteiger partial charge in [0.15, 0.2) is 9.84 Å². The smallest absolute Gasteiger partial charge is 0.335 e. The van der Waals surface area contributed by atoms with Crippen molar-refractivity contribution in [3.8, 4) is 0 Å². The number of carbonyl (C=O) groups excluding carboxylic acids is 1. The van der Waals surface area contributed by atoms with Crippen LogP contribution in [0.5, 0.6) is 0 Å². The number of carbonyl (C=O) groups is 1. The van der Waals surface area contributed by atoms with Gasteiger partial charge in [0.05, 0.1) is 17.4 Å². The zero-order chi connectivity index (χ0) is 17.6. The molecule has 0 aliphatic heterocycles. The van der Waals surface area contributed by atoms with Crippen molar-refractivity contribution < 1.29 is 17.9 Å². The lowest BCUT2D eigenvalue weighted by molar-refractivity contribution is -0.138. The van der Waals surface area contributed by atoms with E-state index in [1.807, 2.05) is 12.1 Å². The first-order valence-corrected chi connectivity index (χ1v) is 10.4. The zero-order valence-electron chi connectivity index (χ0n) is 14.5. The number of ether oxygens (including phenoxy) is 1. The number of hydrogen-bond acceptors (Lipinski definition) is 4. The van der Waals surface area contributed by atoms with Crippen LogP contribution in [0.25, 0.3) is 0 Å². The van der Waals surface area contributed by atoms with E-state index in [2.05, 4.69) is 6.92 Å². The third-order valence-electron chi connectivity index (χ3n) is 4.36. The van der Waals surface area contributed by atoms with Gasteiger partial charge in [-0.3, -0.25) is 0 Å². The topological polar surface area (TPSA) is 65.4 Å². The van der Waals surface area contributed by atoms with Crippen LogP contribution in [0, 0.1) is 0 Å². The Morgan fingerprint density at radius 1 is 1.38 bits per heavy atom. The fourth-order valence-corrected chi connectivity index (χ4v) is 5.02. The van der Waals surface area contributed by atoms with E-state index in [9.17, 15) is 13.2 Å². The van der Waals surface area contributed by atoms with Gasteiger partial charge in [0.2, 0.25) is 0 Å². The molecule has 6 heteroatoms. The van der Waals surface area contributed by atoms with Crippen LogP contribution in [-0.2, 0) is 31.7 Å². The summed E-state index contributed by atoms with van der Waals surface area (Å²) >= 11 is 0. The zero-order valence-corrected chi connectivity index (χ0v) is 15.3. The highest BCUT2D eigenvalue weighted by molar-refractivity contribution is 7.91. The largest absolute Gasteiger partial charge is 0.463 e. The van der Waals surface area contributed by atoms with E-state index in [-0.39, 0.29) is 12.5 Å². The van der Waals surface area contributed by atoms with Crippen LogP contribution in [-0.4, -0.2) is 30.8 Å². The van der Waals surface area contributed by atoms with Crippen LogP contribution in [0.1, 0.15) is 51.6 Å². The summed E-state index contributed by atoms with van der Waals surface area (Å²) in [6.45, 7) is 4.09. The molecule has 1 aliphatic carbocycles. The van der Waals surface area contributed by atoms with Crippen molar-refractivity contribution in [1.82, 2.24) is 4.57 Å². The molecule has 0 bridgehead atoms. The van der Waals surface area contributed by atoms with Crippen LogP contribution in [0.2, 0.25) is 0 Å². The lowest BCUT2D eigenvalue weighted by Crippen LogP contribution is -2.33. The van der Waals surface area contributed by atoms with Crippen molar-refractivity contribution in [2.24, 2.45) is 0 Å². The Kier molecular flexibility index (Phi) is 6.66. The van der Waals surface area contributed by atoms with Crippen LogP contribution in [0.4, 0.5) is 0 Å². The summed E-state index contributed by atoms with van der Waals surface area (Å²) in [6, 6.07) is 3.84. The Bertz CT molecular complexity index is 688. The predicted octanol–water partition coefficient (Wildman–Crippen LogP) is 3.25. The highest BCUT2D eigenvalue weighted by atomic mass is 32.2. The van der Waals surface area contributed by atoms with E-state index in [0.29, 0.717) is 12.0 Å². The SMILES string of the molecule is CCCCc1cccn1CS(=O)(=O)C1CCCC=C1C(=O)OCC. The van der Waals surface area contributed by atoms with Gasteiger partial charge in [-0.2, -0.15) is 0 Å². The second-order valence-electron chi connectivity index (χ2n) is 6.16. The van der Waals surface area contributed by atoms with Crippen LogP contribution in [0.3, 0.4) is 0 Å². The van der Waals surface area contributed by atoms with Crippen LogP contribution < -0.4 is 0 Å². The molecule has 5 nitrogen and oxygen atoms in total. The van der Waals surface area contributed by atoms with E-state index in [1.165, 1.54) is 0 Å². The van der Waals surface area contributed by atoms with Gasteiger partial charge in [-0.05, 0) is 51.2 Å². The number of hydrogen-bond donors (Lipinski definition) is 0. The maximum Gasteiger partial charge on any atom is 0.335 e. The third-order valence-corrected chi connectivity index (χ3v) is 6.35. The molecule has 1 aliphatic rings. The van der Waals surface area contributed by atoms with Crippen molar-refractivity contribution in [3.63, 3.8) is 0 Å². The van der Waals surface area contributed by atoms with Gasteiger partial charge >= 0.3 is 5.97 Å². The third kappa shape index (κ3) is 4.50. The molecule has 0 amide bonds. The standard InChI is InChI=1S/C18H27NO4S/c1-3-5-9-15-10-8-13-19(15)14-24(21,22)17-12-7-6-11-16(17)18(20)23-4-2/h8,10-11,13,17H,3-7,9,12,14H2,1-2H3.